The number of para-hydroxylation sites is 1. The van der Waals surface area contributed by atoms with Gasteiger partial charge in [0.15, 0.2) is 18.1 Å². The molecule has 0 aliphatic rings. The third-order valence-corrected chi connectivity index (χ3v) is 4.57. The number of ether oxygens (including phenoxy) is 2. The van der Waals surface area contributed by atoms with Crippen LogP contribution in [0.25, 0.3) is 5.69 Å². The lowest BCUT2D eigenvalue weighted by Crippen LogP contribution is -2.25. The van der Waals surface area contributed by atoms with Crippen LogP contribution in [0.15, 0.2) is 58.5 Å². The van der Waals surface area contributed by atoms with Crippen LogP contribution < -0.4 is 20.3 Å². The fraction of sp³-hybridized carbons (Fsp3) is 0.190. The number of benzene rings is 2. The van der Waals surface area contributed by atoms with Gasteiger partial charge in [-0.2, -0.15) is 0 Å². The molecule has 9 nitrogen and oxygen atoms in total. The average molecular weight is 410 g/mol. The Morgan fingerprint density at radius 2 is 1.93 bits per heavy atom. The Morgan fingerprint density at radius 3 is 2.60 bits per heavy atom. The molecule has 0 radical (unpaired) electrons. The molecule has 2 aromatic carbocycles. The van der Waals surface area contributed by atoms with E-state index in [0.717, 1.165) is 0 Å². The third-order valence-electron chi connectivity index (χ3n) is 4.57. The lowest BCUT2D eigenvalue weighted by atomic mass is 10.2. The van der Waals surface area contributed by atoms with Crippen molar-refractivity contribution >= 4 is 17.8 Å². The number of anilines is 1. The number of carbonyl (C=O) groups excluding carboxylic acids is 1. The second-order valence-electron chi connectivity index (χ2n) is 6.43. The maximum atomic E-state index is 12.9. The number of nitrogens with zero attached hydrogens (tertiary/aromatic N) is 3. The fourth-order valence-electron chi connectivity index (χ4n) is 2.98. The molecule has 1 heterocycles. The van der Waals surface area contributed by atoms with Crippen LogP contribution in [0.1, 0.15) is 11.3 Å². The summed E-state index contributed by atoms with van der Waals surface area (Å²) in [5.41, 5.74) is 1.77. The Morgan fingerprint density at radius 1 is 1.20 bits per heavy atom. The van der Waals surface area contributed by atoms with Crippen LogP contribution in [0, 0.1) is 6.92 Å². The molecule has 0 saturated carbocycles. The molecule has 0 bridgehead atoms. The van der Waals surface area contributed by atoms with Gasteiger partial charge < -0.3 is 20.0 Å². The Balaban J connectivity index is 1.76. The maximum absolute atomic E-state index is 12.9. The molecule has 2 N–H and O–H groups in total. The SMILES string of the molecule is COc1cc(C=NO)ccc1OCC(=O)Nc1c(C)n(C)n(-c2ccccc2)c1=O. The molecule has 0 saturated heterocycles. The normalized spacial score (nSPS) is 10.9. The van der Waals surface area contributed by atoms with Gasteiger partial charge in [0.1, 0.15) is 5.69 Å². The number of carbonyl (C=O) groups is 1. The second-order valence-corrected chi connectivity index (χ2v) is 6.43. The van der Waals surface area contributed by atoms with E-state index in [4.69, 9.17) is 14.7 Å². The standard InChI is InChI=1S/C21H22N4O5/c1-14-20(21(27)25(24(14)2)16-7-5-4-6-8-16)23-19(26)13-30-17-10-9-15(12-22-28)11-18(17)29-3/h4-12,28H,13H2,1-3H3,(H,23,26). The van der Waals surface area contributed by atoms with Crippen molar-refractivity contribution in [3.63, 3.8) is 0 Å². The molecule has 1 aromatic heterocycles. The van der Waals surface area contributed by atoms with Crippen LogP contribution >= 0.6 is 0 Å². The topological polar surface area (TPSA) is 107 Å². The summed E-state index contributed by atoms with van der Waals surface area (Å²) in [6.07, 6.45) is 1.24. The van der Waals surface area contributed by atoms with E-state index in [9.17, 15) is 9.59 Å². The van der Waals surface area contributed by atoms with Crippen LogP contribution in [0.4, 0.5) is 5.69 Å². The van der Waals surface area contributed by atoms with Gasteiger partial charge in [-0.25, -0.2) is 4.68 Å². The fourth-order valence-corrected chi connectivity index (χ4v) is 2.98. The second kappa shape index (κ2) is 8.99. The molecule has 156 valence electrons. The molecule has 0 unspecified atom stereocenters. The van der Waals surface area contributed by atoms with Gasteiger partial charge in [0.05, 0.1) is 24.7 Å². The highest BCUT2D eigenvalue weighted by Crippen LogP contribution is 2.27. The predicted molar refractivity (Wildman–Crippen MR) is 112 cm³/mol. The van der Waals surface area contributed by atoms with Crippen LogP contribution in [0.3, 0.4) is 0 Å². The number of methoxy groups -OCH3 is 1. The van der Waals surface area contributed by atoms with Gasteiger partial charge in [-0.1, -0.05) is 23.4 Å². The molecule has 1 amide bonds. The molecule has 0 spiro atoms. The van der Waals surface area contributed by atoms with Gasteiger partial charge in [-0.3, -0.25) is 14.3 Å². The van der Waals surface area contributed by atoms with E-state index in [1.54, 1.807) is 36.9 Å². The van der Waals surface area contributed by atoms with Crippen molar-refractivity contribution in [2.45, 2.75) is 6.92 Å². The summed E-state index contributed by atoms with van der Waals surface area (Å²) in [4.78, 5) is 25.3. The third kappa shape index (κ3) is 4.19. The predicted octanol–water partition coefficient (Wildman–Crippen LogP) is 2.32. The Labute approximate surface area is 172 Å². The van der Waals surface area contributed by atoms with E-state index in [1.807, 2.05) is 30.3 Å². The summed E-state index contributed by atoms with van der Waals surface area (Å²) in [6, 6.07) is 14.0. The van der Waals surface area contributed by atoms with E-state index in [2.05, 4.69) is 10.5 Å². The summed E-state index contributed by atoms with van der Waals surface area (Å²) in [5, 5.41) is 14.2. The molecule has 0 aliphatic heterocycles. The first kappa shape index (κ1) is 20.7. The number of nitrogens with one attached hydrogen (secondary N) is 1. The molecular weight excluding hydrogens is 388 g/mol. The quantitative estimate of drug-likeness (QED) is 0.353. The Bertz CT molecular complexity index is 1130. The number of hydrogen-bond acceptors (Lipinski definition) is 6. The molecule has 30 heavy (non-hydrogen) atoms. The van der Waals surface area contributed by atoms with Crippen LogP contribution in [-0.4, -0.2) is 40.4 Å². The average Bonchev–Trinajstić information content (AvgIpc) is 2.96. The van der Waals surface area contributed by atoms with Crippen molar-refractivity contribution in [2.24, 2.45) is 12.2 Å². The first-order valence-electron chi connectivity index (χ1n) is 9.08. The Kier molecular flexibility index (Phi) is 6.21. The molecule has 0 atom stereocenters. The van der Waals surface area contributed by atoms with Gasteiger partial charge >= 0.3 is 0 Å². The van der Waals surface area contributed by atoms with Crippen LogP contribution in [0.2, 0.25) is 0 Å². The van der Waals surface area contributed by atoms with Crippen LogP contribution in [0.5, 0.6) is 11.5 Å². The summed E-state index contributed by atoms with van der Waals surface area (Å²) < 4.78 is 13.9. The molecule has 0 fully saturated rings. The number of rotatable bonds is 7. The zero-order valence-corrected chi connectivity index (χ0v) is 16.8. The highest BCUT2D eigenvalue weighted by molar-refractivity contribution is 5.92. The number of oxime groups is 1. The van der Waals surface area contributed by atoms with Crippen molar-refractivity contribution in [2.75, 3.05) is 19.0 Å². The van der Waals surface area contributed by atoms with Gasteiger partial charge in [0, 0.05) is 12.6 Å². The van der Waals surface area contributed by atoms with Crippen molar-refractivity contribution in [3.8, 4) is 17.2 Å². The lowest BCUT2D eigenvalue weighted by Gasteiger charge is -2.11. The van der Waals surface area contributed by atoms with Crippen molar-refractivity contribution in [1.29, 1.82) is 0 Å². The number of amides is 1. The molecular formula is C21H22N4O5. The van der Waals surface area contributed by atoms with Gasteiger partial charge in [-0.15, -0.1) is 0 Å². The first-order valence-corrected chi connectivity index (χ1v) is 9.08. The summed E-state index contributed by atoms with van der Waals surface area (Å²) in [5.74, 6) is 0.237. The maximum Gasteiger partial charge on any atom is 0.295 e. The van der Waals surface area contributed by atoms with E-state index in [1.165, 1.54) is 18.0 Å². The van der Waals surface area contributed by atoms with Gasteiger partial charge in [-0.05, 0) is 37.3 Å². The van der Waals surface area contributed by atoms with E-state index >= 15 is 0 Å². The minimum Gasteiger partial charge on any atom is -0.493 e. The molecule has 0 aliphatic carbocycles. The molecule has 3 aromatic rings. The summed E-state index contributed by atoms with van der Waals surface area (Å²) in [6.45, 7) is 1.44. The molecule has 3 rings (SSSR count). The van der Waals surface area contributed by atoms with Crippen molar-refractivity contribution in [1.82, 2.24) is 9.36 Å². The summed E-state index contributed by atoms with van der Waals surface area (Å²) >= 11 is 0. The van der Waals surface area contributed by atoms with E-state index in [-0.39, 0.29) is 17.9 Å². The zero-order valence-electron chi connectivity index (χ0n) is 16.8. The minimum absolute atomic E-state index is 0.191. The van der Waals surface area contributed by atoms with Gasteiger partial charge in [0.2, 0.25) is 0 Å². The summed E-state index contributed by atoms with van der Waals surface area (Å²) in [7, 11) is 3.21. The minimum atomic E-state index is -0.482. The largest absolute Gasteiger partial charge is 0.493 e. The highest BCUT2D eigenvalue weighted by atomic mass is 16.5. The van der Waals surface area contributed by atoms with Crippen molar-refractivity contribution in [3.05, 3.63) is 70.1 Å². The zero-order chi connectivity index (χ0) is 21.7. The van der Waals surface area contributed by atoms with Crippen LogP contribution in [-0.2, 0) is 11.8 Å². The Hall–Kier alpha value is -4.01. The smallest absolute Gasteiger partial charge is 0.295 e. The van der Waals surface area contributed by atoms with Crippen molar-refractivity contribution < 1.29 is 19.5 Å². The highest BCUT2D eigenvalue weighted by Gasteiger charge is 2.18. The lowest BCUT2D eigenvalue weighted by molar-refractivity contribution is -0.118. The first-order chi connectivity index (χ1) is 14.5. The molecule has 9 heteroatoms. The number of hydrogen-bond donors (Lipinski definition) is 2. The monoisotopic (exact) mass is 410 g/mol. The van der Waals surface area contributed by atoms with E-state index < -0.39 is 5.91 Å². The van der Waals surface area contributed by atoms with Gasteiger partial charge in [0.25, 0.3) is 11.5 Å². The van der Waals surface area contributed by atoms with E-state index in [0.29, 0.717) is 28.4 Å². The number of aromatic nitrogens is 2.